The second kappa shape index (κ2) is 6.02. The van der Waals surface area contributed by atoms with Crippen LogP contribution < -0.4 is 0 Å². The van der Waals surface area contributed by atoms with E-state index in [1.54, 1.807) is 45.8 Å². The number of aryl methyl sites for hydroxylation is 2. The lowest BCUT2D eigenvalue weighted by atomic mass is 9.92. The van der Waals surface area contributed by atoms with Crippen molar-refractivity contribution in [3.8, 4) is 9.75 Å². The third-order valence-corrected chi connectivity index (χ3v) is 9.78. The molecular weight excluding hydrogens is 400 g/mol. The van der Waals surface area contributed by atoms with Crippen LogP contribution in [0.15, 0.2) is 35.9 Å². The van der Waals surface area contributed by atoms with E-state index in [1.807, 2.05) is 6.07 Å². The van der Waals surface area contributed by atoms with Crippen molar-refractivity contribution in [1.29, 1.82) is 0 Å². The van der Waals surface area contributed by atoms with Gasteiger partial charge in [0.15, 0.2) is 0 Å². The number of carbonyl (C=O) groups is 2. The van der Waals surface area contributed by atoms with Gasteiger partial charge in [-0.3, -0.25) is 9.59 Å². The number of thioether (sulfide) groups is 1. The fourth-order valence-electron chi connectivity index (χ4n) is 3.38. The smallest absolute Gasteiger partial charge is 0.234 e. The summed E-state index contributed by atoms with van der Waals surface area (Å²) in [6, 6.07) is 10.4. The Kier molecular flexibility index (Phi) is 3.87. The highest BCUT2D eigenvalue weighted by molar-refractivity contribution is 8.09. The highest BCUT2D eigenvalue weighted by Crippen LogP contribution is 2.57. The maximum Gasteiger partial charge on any atom is 0.234 e. The van der Waals surface area contributed by atoms with E-state index < -0.39 is 0 Å². The van der Waals surface area contributed by atoms with Gasteiger partial charge in [0.05, 0.1) is 4.88 Å². The second-order valence-electron chi connectivity index (χ2n) is 6.49. The monoisotopic (exact) mass is 414 g/mol. The zero-order valence-corrected chi connectivity index (χ0v) is 17.4. The largest absolute Gasteiger partial charge is 0.285 e. The van der Waals surface area contributed by atoms with Crippen molar-refractivity contribution >= 4 is 62.2 Å². The van der Waals surface area contributed by atoms with Gasteiger partial charge in [0.1, 0.15) is 0 Å². The summed E-state index contributed by atoms with van der Waals surface area (Å²) < 4.78 is 0. The molecule has 130 valence electrons. The highest BCUT2D eigenvalue weighted by Gasteiger charge is 2.41. The number of ketones is 2. The quantitative estimate of drug-likeness (QED) is 0.448. The van der Waals surface area contributed by atoms with Crippen molar-refractivity contribution < 1.29 is 9.59 Å². The van der Waals surface area contributed by atoms with Crippen LogP contribution in [-0.4, -0.2) is 11.6 Å². The molecule has 0 spiro atoms. The lowest BCUT2D eigenvalue weighted by Crippen LogP contribution is -2.20. The Bertz CT molecular complexity index is 1110. The van der Waals surface area contributed by atoms with Gasteiger partial charge in [-0.25, -0.2) is 0 Å². The summed E-state index contributed by atoms with van der Waals surface area (Å²) in [5, 5.41) is 0.246. The number of fused-ring (bicyclic) bond motifs is 2. The van der Waals surface area contributed by atoms with Gasteiger partial charge in [-0.2, -0.15) is 0 Å². The molecule has 1 unspecified atom stereocenters. The minimum absolute atomic E-state index is 0.246. The molecule has 0 N–H and O–H groups in total. The van der Waals surface area contributed by atoms with E-state index in [9.17, 15) is 9.59 Å². The Morgan fingerprint density at radius 2 is 1.65 bits per heavy atom. The summed E-state index contributed by atoms with van der Waals surface area (Å²) in [6.45, 7) is 4.18. The molecule has 2 nitrogen and oxygen atoms in total. The number of hydrogen-bond donors (Lipinski definition) is 0. The van der Waals surface area contributed by atoms with Crippen LogP contribution >= 0.6 is 45.8 Å². The average Bonchev–Trinajstić information content (AvgIpc) is 3.36. The summed E-state index contributed by atoms with van der Waals surface area (Å²) in [4.78, 5) is 33.5. The number of carbonyl (C=O) groups excluding carboxylic acids is 2. The van der Waals surface area contributed by atoms with Gasteiger partial charge in [-0.05, 0) is 50.6 Å². The molecule has 3 aromatic rings. The Morgan fingerprint density at radius 1 is 0.885 bits per heavy atom. The zero-order valence-electron chi connectivity index (χ0n) is 14.1. The molecular formula is C20H14O2S4. The Morgan fingerprint density at radius 3 is 2.35 bits per heavy atom. The molecule has 26 heavy (non-hydrogen) atoms. The van der Waals surface area contributed by atoms with Crippen LogP contribution in [0.5, 0.6) is 0 Å². The van der Waals surface area contributed by atoms with E-state index >= 15 is 0 Å². The van der Waals surface area contributed by atoms with Gasteiger partial charge in [0.25, 0.3) is 0 Å². The standard InChI is InChI=1S/C20H14O2S4/c1-9-3-5-13(23-9)15-7-11-17(21)18(22)12-8-16(14-6-4-10(2)24-14)26-20(12)19(11)25-15/h3-7,16H,8H2,1-2H3. The maximum absolute atomic E-state index is 12.7. The van der Waals surface area contributed by atoms with Gasteiger partial charge in [-0.15, -0.1) is 45.8 Å². The van der Waals surface area contributed by atoms with Crippen molar-refractivity contribution in [2.45, 2.75) is 25.5 Å². The predicted octanol–water partition coefficient (Wildman–Crippen LogP) is 6.51. The van der Waals surface area contributed by atoms with Gasteiger partial charge in [0, 0.05) is 45.7 Å². The maximum atomic E-state index is 12.7. The van der Waals surface area contributed by atoms with Crippen LogP contribution in [0.25, 0.3) is 14.7 Å². The topological polar surface area (TPSA) is 34.1 Å². The Balaban J connectivity index is 1.58. The highest BCUT2D eigenvalue weighted by atomic mass is 32.2. The number of rotatable bonds is 2. The van der Waals surface area contributed by atoms with Crippen molar-refractivity contribution in [2.24, 2.45) is 0 Å². The zero-order chi connectivity index (χ0) is 18.0. The summed E-state index contributed by atoms with van der Waals surface area (Å²) in [5.41, 5.74) is 1.31. The fraction of sp³-hybridized carbons (Fsp3) is 0.200. The van der Waals surface area contributed by atoms with E-state index in [-0.39, 0.29) is 16.8 Å². The van der Waals surface area contributed by atoms with Crippen LogP contribution in [0.3, 0.4) is 0 Å². The minimum atomic E-state index is -0.335. The summed E-state index contributed by atoms with van der Waals surface area (Å²) in [6.07, 6.45) is 0.662. The first-order chi connectivity index (χ1) is 12.5. The SMILES string of the molecule is Cc1ccc(-c2cc3c(s2)C2=C(CC(c4ccc(C)s4)S2)C(=O)C3=O)s1. The Labute approximate surface area is 167 Å². The van der Waals surface area contributed by atoms with Gasteiger partial charge >= 0.3 is 0 Å². The van der Waals surface area contributed by atoms with E-state index in [2.05, 4.69) is 38.1 Å². The minimum Gasteiger partial charge on any atom is -0.285 e. The van der Waals surface area contributed by atoms with Crippen LogP contribution in [-0.2, 0) is 4.79 Å². The molecule has 0 aromatic carbocycles. The van der Waals surface area contributed by atoms with Gasteiger partial charge in [-0.1, -0.05) is 0 Å². The average molecular weight is 415 g/mol. The number of allylic oxidation sites excluding steroid dienone is 1. The van der Waals surface area contributed by atoms with Crippen LogP contribution in [0.1, 0.15) is 41.5 Å². The molecule has 1 aliphatic carbocycles. The first-order valence-electron chi connectivity index (χ1n) is 8.27. The summed E-state index contributed by atoms with van der Waals surface area (Å²) in [5.74, 6) is -0.638. The van der Waals surface area contributed by atoms with Crippen molar-refractivity contribution in [3.05, 3.63) is 61.0 Å². The lowest BCUT2D eigenvalue weighted by Gasteiger charge is -2.11. The fourth-order valence-corrected chi connectivity index (χ4v) is 8.13. The first-order valence-corrected chi connectivity index (χ1v) is 11.6. The van der Waals surface area contributed by atoms with E-state index in [4.69, 9.17) is 0 Å². The lowest BCUT2D eigenvalue weighted by molar-refractivity contribution is -0.112. The molecule has 0 amide bonds. The van der Waals surface area contributed by atoms with Gasteiger partial charge < -0.3 is 0 Å². The molecule has 4 heterocycles. The number of thiophene rings is 3. The third-order valence-electron chi connectivity index (χ3n) is 4.65. The number of hydrogen-bond acceptors (Lipinski definition) is 6. The molecule has 0 saturated heterocycles. The Hall–Kier alpha value is -1.47. The summed E-state index contributed by atoms with van der Waals surface area (Å²) >= 11 is 6.91. The molecule has 0 bridgehead atoms. The van der Waals surface area contributed by atoms with E-state index in [1.165, 1.54) is 14.6 Å². The molecule has 0 radical (unpaired) electrons. The molecule has 0 fully saturated rings. The predicted molar refractivity (Wildman–Crippen MR) is 113 cm³/mol. The van der Waals surface area contributed by atoms with E-state index in [0.717, 1.165) is 25.1 Å². The van der Waals surface area contributed by atoms with E-state index in [0.29, 0.717) is 12.0 Å². The molecule has 1 atom stereocenters. The summed E-state index contributed by atoms with van der Waals surface area (Å²) in [7, 11) is 0. The molecule has 3 aromatic heterocycles. The molecule has 6 heteroatoms. The molecule has 1 aliphatic heterocycles. The number of Topliss-reactive ketones (excluding diaryl/α,β-unsaturated/α-hetero) is 2. The van der Waals surface area contributed by atoms with Crippen molar-refractivity contribution in [3.63, 3.8) is 0 Å². The second-order valence-corrected chi connectivity index (χ2v) is 11.4. The van der Waals surface area contributed by atoms with Gasteiger partial charge in [0.2, 0.25) is 11.6 Å². The molecule has 5 rings (SSSR count). The normalized spacial score (nSPS) is 19.2. The first kappa shape index (κ1) is 16.7. The van der Waals surface area contributed by atoms with Crippen molar-refractivity contribution in [2.75, 3.05) is 0 Å². The van der Waals surface area contributed by atoms with Crippen molar-refractivity contribution in [1.82, 2.24) is 0 Å². The third kappa shape index (κ3) is 2.51. The van der Waals surface area contributed by atoms with Crippen LogP contribution in [0.4, 0.5) is 0 Å². The van der Waals surface area contributed by atoms with Crippen LogP contribution in [0.2, 0.25) is 0 Å². The molecule has 2 aliphatic rings. The molecule has 0 saturated carbocycles. The van der Waals surface area contributed by atoms with Crippen LogP contribution in [0, 0.1) is 13.8 Å².